The summed E-state index contributed by atoms with van der Waals surface area (Å²) in [7, 11) is 0. The second-order valence-electron chi connectivity index (χ2n) is 5.80. The summed E-state index contributed by atoms with van der Waals surface area (Å²) in [6.45, 7) is 5.63. The first-order valence-electron chi connectivity index (χ1n) is 7.62. The van der Waals surface area contributed by atoms with Crippen LogP contribution in [0.1, 0.15) is 37.3 Å². The van der Waals surface area contributed by atoms with E-state index in [4.69, 9.17) is 0 Å². The van der Waals surface area contributed by atoms with Crippen molar-refractivity contribution in [3.63, 3.8) is 0 Å². The lowest BCUT2D eigenvalue weighted by molar-refractivity contribution is -0.132. The quantitative estimate of drug-likeness (QED) is 0.917. The predicted octanol–water partition coefficient (Wildman–Crippen LogP) is 2.55. The van der Waals surface area contributed by atoms with E-state index < -0.39 is 0 Å². The summed E-state index contributed by atoms with van der Waals surface area (Å²) in [6.07, 6.45) is 2.95. The van der Waals surface area contributed by atoms with Crippen molar-refractivity contribution in [2.45, 2.75) is 45.6 Å². The fourth-order valence-electron chi connectivity index (χ4n) is 2.95. The molecule has 1 fully saturated rings. The Bertz CT molecular complexity index is 450. The number of aliphatic hydroxyl groups excluding tert-OH is 1. The maximum absolute atomic E-state index is 12.3. The van der Waals surface area contributed by atoms with Gasteiger partial charge in [-0.15, -0.1) is 0 Å². The third-order valence-electron chi connectivity index (χ3n) is 4.46. The Morgan fingerprint density at radius 1 is 1.35 bits per heavy atom. The Morgan fingerprint density at radius 3 is 2.60 bits per heavy atom. The highest BCUT2D eigenvalue weighted by Gasteiger charge is 2.26. The second kappa shape index (κ2) is 6.89. The molecule has 0 radical (unpaired) electrons. The van der Waals surface area contributed by atoms with Crippen molar-refractivity contribution < 1.29 is 9.90 Å². The van der Waals surface area contributed by atoms with Crippen molar-refractivity contribution in [2.24, 2.45) is 5.92 Å². The molecule has 0 aliphatic carbocycles. The second-order valence-corrected chi connectivity index (χ2v) is 5.80. The Kier molecular flexibility index (Phi) is 5.18. The fourth-order valence-corrected chi connectivity index (χ4v) is 2.95. The summed E-state index contributed by atoms with van der Waals surface area (Å²) in [5, 5.41) is 9.88. The van der Waals surface area contributed by atoms with E-state index in [2.05, 4.69) is 0 Å². The summed E-state index contributed by atoms with van der Waals surface area (Å²) < 4.78 is 0. The Hall–Kier alpha value is -1.35. The Labute approximate surface area is 121 Å². The van der Waals surface area contributed by atoms with Gasteiger partial charge in [0.1, 0.15) is 0 Å². The van der Waals surface area contributed by atoms with E-state index in [9.17, 15) is 9.90 Å². The Morgan fingerprint density at radius 2 is 2.00 bits per heavy atom. The number of hydrogen-bond donors (Lipinski definition) is 1. The van der Waals surface area contributed by atoms with Crippen molar-refractivity contribution in [2.75, 3.05) is 13.1 Å². The number of benzene rings is 1. The zero-order valence-corrected chi connectivity index (χ0v) is 12.5. The van der Waals surface area contributed by atoms with Gasteiger partial charge in [-0.1, -0.05) is 31.2 Å². The van der Waals surface area contributed by atoms with Crippen LogP contribution in [0.15, 0.2) is 24.3 Å². The molecule has 1 amide bonds. The van der Waals surface area contributed by atoms with Crippen LogP contribution in [0, 0.1) is 12.8 Å². The molecule has 1 aliphatic heterocycles. The molecule has 3 heteroatoms. The number of hydrogen-bond acceptors (Lipinski definition) is 2. The van der Waals surface area contributed by atoms with Gasteiger partial charge in [0.2, 0.25) is 5.91 Å². The van der Waals surface area contributed by atoms with Crippen LogP contribution in [0.2, 0.25) is 0 Å². The summed E-state index contributed by atoms with van der Waals surface area (Å²) in [4.78, 5) is 14.3. The fraction of sp³-hybridized carbons (Fsp3) is 0.588. The first kappa shape index (κ1) is 15.0. The van der Waals surface area contributed by atoms with Crippen LogP contribution < -0.4 is 0 Å². The molecule has 2 rings (SSSR count). The van der Waals surface area contributed by atoms with Crippen LogP contribution in [0.5, 0.6) is 0 Å². The van der Waals surface area contributed by atoms with Crippen molar-refractivity contribution in [1.82, 2.24) is 4.90 Å². The van der Waals surface area contributed by atoms with Gasteiger partial charge in [-0.3, -0.25) is 4.79 Å². The summed E-state index contributed by atoms with van der Waals surface area (Å²) in [5.74, 6) is 0.575. The van der Waals surface area contributed by atoms with E-state index in [1.54, 1.807) is 0 Å². The first-order chi connectivity index (χ1) is 9.61. The molecule has 1 aromatic rings. The highest BCUT2D eigenvalue weighted by atomic mass is 16.3. The van der Waals surface area contributed by atoms with Crippen LogP contribution in [0.25, 0.3) is 0 Å². The molecule has 1 atom stereocenters. The maximum Gasteiger partial charge on any atom is 0.226 e. The lowest BCUT2D eigenvalue weighted by Gasteiger charge is -2.34. The van der Waals surface area contributed by atoms with Crippen LogP contribution in [0.4, 0.5) is 0 Å². The van der Waals surface area contributed by atoms with Gasteiger partial charge < -0.3 is 10.0 Å². The molecule has 0 bridgehead atoms. The number of aliphatic hydroxyl groups is 1. The molecule has 0 aromatic heterocycles. The monoisotopic (exact) mass is 275 g/mol. The molecular formula is C17H25NO2. The number of piperidine rings is 1. The number of amides is 1. The van der Waals surface area contributed by atoms with Crippen LogP contribution >= 0.6 is 0 Å². The van der Waals surface area contributed by atoms with Gasteiger partial charge in [-0.25, -0.2) is 0 Å². The van der Waals surface area contributed by atoms with Crippen LogP contribution in [-0.2, 0) is 11.2 Å². The Balaban J connectivity index is 1.88. The standard InChI is InChI=1S/C17H25NO2/c1-3-16(19)14-8-10-18(11-9-14)17(20)12-15-7-5-4-6-13(15)2/h4-7,14,16,19H,3,8-12H2,1-2H3. The van der Waals surface area contributed by atoms with Gasteiger partial charge >= 0.3 is 0 Å². The normalized spacial score (nSPS) is 18.1. The zero-order valence-electron chi connectivity index (χ0n) is 12.5. The van der Waals surface area contributed by atoms with Gasteiger partial charge in [-0.05, 0) is 43.2 Å². The van der Waals surface area contributed by atoms with Crippen molar-refractivity contribution in [3.05, 3.63) is 35.4 Å². The van der Waals surface area contributed by atoms with Crippen LogP contribution in [0.3, 0.4) is 0 Å². The molecule has 110 valence electrons. The molecule has 0 spiro atoms. The van der Waals surface area contributed by atoms with Crippen molar-refractivity contribution in [1.29, 1.82) is 0 Å². The van der Waals surface area contributed by atoms with E-state index in [1.165, 1.54) is 5.56 Å². The number of nitrogens with zero attached hydrogens (tertiary/aromatic N) is 1. The third kappa shape index (κ3) is 3.60. The molecule has 1 unspecified atom stereocenters. The molecule has 0 saturated carbocycles. The summed E-state index contributed by atoms with van der Waals surface area (Å²) in [5.41, 5.74) is 2.30. The van der Waals surface area contributed by atoms with E-state index in [1.807, 2.05) is 43.0 Å². The number of aryl methyl sites for hydroxylation is 1. The predicted molar refractivity (Wildman–Crippen MR) is 80.5 cm³/mol. The molecule has 1 saturated heterocycles. The summed E-state index contributed by atoms with van der Waals surface area (Å²) in [6, 6.07) is 8.06. The zero-order chi connectivity index (χ0) is 14.5. The van der Waals surface area contributed by atoms with E-state index in [0.29, 0.717) is 12.3 Å². The summed E-state index contributed by atoms with van der Waals surface area (Å²) >= 11 is 0. The van der Waals surface area contributed by atoms with Gasteiger partial charge in [0, 0.05) is 13.1 Å². The number of carbonyl (C=O) groups is 1. The average molecular weight is 275 g/mol. The minimum atomic E-state index is -0.205. The lowest BCUT2D eigenvalue weighted by atomic mass is 9.90. The first-order valence-corrected chi connectivity index (χ1v) is 7.62. The maximum atomic E-state index is 12.3. The van der Waals surface area contributed by atoms with Crippen LogP contribution in [-0.4, -0.2) is 35.1 Å². The van der Waals surface area contributed by atoms with E-state index >= 15 is 0 Å². The lowest BCUT2D eigenvalue weighted by Crippen LogP contribution is -2.41. The largest absolute Gasteiger partial charge is 0.393 e. The van der Waals surface area contributed by atoms with E-state index in [-0.39, 0.29) is 12.0 Å². The highest BCUT2D eigenvalue weighted by Crippen LogP contribution is 2.23. The molecule has 1 N–H and O–H groups in total. The highest BCUT2D eigenvalue weighted by molar-refractivity contribution is 5.79. The smallest absolute Gasteiger partial charge is 0.226 e. The SMILES string of the molecule is CCC(O)C1CCN(C(=O)Cc2ccccc2C)CC1. The van der Waals surface area contributed by atoms with Crippen molar-refractivity contribution in [3.8, 4) is 0 Å². The number of rotatable bonds is 4. The van der Waals surface area contributed by atoms with Gasteiger partial charge in [0.15, 0.2) is 0 Å². The van der Waals surface area contributed by atoms with Gasteiger partial charge in [0.05, 0.1) is 12.5 Å². The molecule has 1 aliphatic rings. The molecule has 1 heterocycles. The van der Waals surface area contributed by atoms with Gasteiger partial charge in [-0.2, -0.15) is 0 Å². The number of likely N-dealkylation sites (tertiary alicyclic amines) is 1. The minimum Gasteiger partial charge on any atom is -0.393 e. The number of carbonyl (C=O) groups excluding carboxylic acids is 1. The van der Waals surface area contributed by atoms with Gasteiger partial charge in [0.25, 0.3) is 0 Å². The molecular weight excluding hydrogens is 250 g/mol. The van der Waals surface area contributed by atoms with E-state index in [0.717, 1.165) is 37.9 Å². The molecule has 3 nitrogen and oxygen atoms in total. The average Bonchev–Trinajstić information content (AvgIpc) is 2.49. The minimum absolute atomic E-state index is 0.205. The topological polar surface area (TPSA) is 40.5 Å². The molecule has 20 heavy (non-hydrogen) atoms. The molecule has 1 aromatic carbocycles. The third-order valence-corrected chi connectivity index (χ3v) is 4.46. The van der Waals surface area contributed by atoms with Crippen molar-refractivity contribution >= 4 is 5.91 Å².